The van der Waals surface area contributed by atoms with Gasteiger partial charge in [0.25, 0.3) is 0 Å². The number of fused-ring (bicyclic) bond motifs is 32. The Morgan fingerprint density at radius 1 is 0.314 bits per heavy atom. The van der Waals surface area contributed by atoms with Crippen LogP contribution in [0.2, 0.25) is 0 Å². The summed E-state index contributed by atoms with van der Waals surface area (Å²) in [6.45, 7) is 0. The van der Waals surface area contributed by atoms with E-state index in [0.29, 0.717) is 0 Å². The number of thiophene rings is 2. The van der Waals surface area contributed by atoms with E-state index in [2.05, 4.69) is 203 Å². The largest absolute Gasteiger partial charge is 0.456 e. The van der Waals surface area contributed by atoms with Gasteiger partial charge in [0.05, 0.1) is 32.8 Å². The number of rotatable bonds is 1. The molecule has 0 bridgehead atoms. The van der Waals surface area contributed by atoms with E-state index in [1.54, 1.807) is 0 Å². The topological polar surface area (TPSA) is 35.1 Å². The maximum Gasteiger partial charge on any atom is 0.145 e. The van der Waals surface area contributed by atoms with Crippen LogP contribution in [-0.4, -0.2) is 8.80 Å². The Hall–Kier alpha value is -8.68. The molecular weight excluding hydrogens is 893 g/mol. The fourth-order valence-electron chi connectivity index (χ4n) is 12.8. The Labute approximate surface area is 403 Å². The van der Waals surface area contributed by atoms with Crippen molar-refractivity contribution in [1.29, 1.82) is 0 Å². The highest BCUT2D eigenvalue weighted by Gasteiger charge is 2.26. The van der Waals surface area contributed by atoms with Gasteiger partial charge in [-0.25, -0.2) is 0 Å². The summed E-state index contributed by atoms with van der Waals surface area (Å²) in [5, 5.41) is 22.0. The maximum absolute atomic E-state index is 7.15. The molecule has 0 N–H and O–H groups in total. The zero-order valence-electron chi connectivity index (χ0n) is 37.0. The molecule has 0 aliphatic heterocycles. The van der Waals surface area contributed by atoms with Crippen molar-refractivity contribution in [1.82, 2.24) is 8.80 Å². The molecule has 0 spiro atoms. The molecule has 0 saturated carbocycles. The highest BCUT2D eigenvalue weighted by molar-refractivity contribution is 7.27. The number of hydrogen-bond donors (Lipinski definition) is 0. The molecule has 8 aromatic heterocycles. The average Bonchev–Trinajstić information content (AvgIpc) is 4.27. The summed E-state index contributed by atoms with van der Waals surface area (Å²) in [5.74, 6) is 0. The van der Waals surface area contributed by atoms with Crippen LogP contribution in [0.5, 0.6) is 0 Å². The normalized spacial score (nSPS) is 12.9. The van der Waals surface area contributed by atoms with Gasteiger partial charge < -0.3 is 17.6 Å². The molecule has 0 aliphatic rings. The molecule has 18 aromatic rings. The summed E-state index contributed by atoms with van der Waals surface area (Å²) < 4.78 is 23.9. The molecule has 0 atom stereocenters. The second kappa shape index (κ2) is 12.7. The van der Waals surface area contributed by atoms with Crippen molar-refractivity contribution in [2.24, 2.45) is 0 Å². The first-order valence-corrected chi connectivity index (χ1v) is 25.4. The first kappa shape index (κ1) is 36.4. The molecule has 0 unspecified atom stereocenters. The van der Waals surface area contributed by atoms with Crippen LogP contribution in [-0.2, 0) is 0 Å². The molecule has 18 rings (SSSR count). The summed E-state index contributed by atoms with van der Waals surface area (Å²) in [7, 11) is 0. The van der Waals surface area contributed by atoms with E-state index in [1.165, 1.54) is 105 Å². The van der Waals surface area contributed by atoms with Crippen LogP contribution in [0.4, 0.5) is 0 Å². The third-order valence-electron chi connectivity index (χ3n) is 15.6. The minimum atomic E-state index is 0.881. The Balaban J connectivity index is 1.04. The lowest BCUT2D eigenvalue weighted by Crippen LogP contribution is -1.93. The number of nitrogens with zero attached hydrogens (tertiary/aromatic N) is 2. The van der Waals surface area contributed by atoms with Gasteiger partial charge in [-0.1, -0.05) is 127 Å². The lowest BCUT2D eigenvalue weighted by Gasteiger charge is -2.15. The van der Waals surface area contributed by atoms with E-state index in [9.17, 15) is 0 Å². The Morgan fingerprint density at radius 3 is 1.76 bits per heavy atom. The van der Waals surface area contributed by atoms with Crippen molar-refractivity contribution in [3.8, 4) is 11.1 Å². The number of hydrogen-bond acceptors (Lipinski definition) is 4. The van der Waals surface area contributed by atoms with Crippen LogP contribution in [0, 0.1) is 0 Å². The predicted molar refractivity (Wildman–Crippen MR) is 299 cm³/mol. The third kappa shape index (κ3) is 4.39. The van der Waals surface area contributed by atoms with E-state index < -0.39 is 0 Å². The van der Waals surface area contributed by atoms with E-state index in [4.69, 9.17) is 8.83 Å². The van der Waals surface area contributed by atoms with Crippen molar-refractivity contribution in [3.63, 3.8) is 0 Å². The van der Waals surface area contributed by atoms with Gasteiger partial charge in [-0.2, -0.15) is 0 Å². The summed E-state index contributed by atoms with van der Waals surface area (Å²) in [6, 6.07) is 67.1. The van der Waals surface area contributed by atoms with Gasteiger partial charge in [0, 0.05) is 112 Å². The van der Waals surface area contributed by atoms with E-state index >= 15 is 0 Å². The van der Waals surface area contributed by atoms with Crippen LogP contribution in [0.25, 0.3) is 171 Å². The first-order chi connectivity index (χ1) is 34.7. The molecule has 0 amide bonds. The van der Waals surface area contributed by atoms with Gasteiger partial charge in [0.1, 0.15) is 22.3 Å². The lowest BCUT2D eigenvalue weighted by molar-refractivity contribution is 0.669. The number of furan rings is 2. The molecule has 322 valence electrons. The van der Waals surface area contributed by atoms with Crippen LogP contribution >= 0.6 is 22.7 Å². The molecule has 0 saturated heterocycles. The minimum absolute atomic E-state index is 0.881. The molecular formula is C64H32N2O2S2. The molecule has 0 radical (unpaired) electrons. The molecule has 4 nitrogen and oxygen atoms in total. The molecule has 6 heteroatoms. The molecule has 10 aromatic carbocycles. The first-order valence-electron chi connectivity index (χ1n) is 23.8. The molecule has 8 heterocycles. The smallest absolute Gasteiger partial charge is 0.145 e. The van der Waals surface area contributed by atoms with Crippen molar-refractivity contribution in [2.75, 3.05) is 0 Å². The number of para-hydroxylation sites is 2. The average molecular weight is 925 g/mol. The number of pyridine rings is 2. The zero-order chi connectivity index (χ0) is 45.1. The van der Waals surface area contributed by atoms with Gasteiger partial charge in [0.2, 0.25) is 0 Å². The van der Waals surface area contributed by atoms with E-state index in [1.807, 2.05) is 22.7 Å². The third-order valence-corrected chi connectivity index (χ3v) is 18.0. The second-order valence-corrected chi connectivity index (χ2v) is 21.2. The van der Waals surface area contributed by atoms with Crippen molar-refractivity contribution in [2.45, 2.75) is 0 Å². The summed E-state index contributed by atoms with van der Waals surface area (Å²) >= 11 is 3.78. The summed E-state index contributed by atoms with van der Waals surface area (Å²) in [4.78, 5) is 0. The SMILES string of the molecule is c1ccc2c(c1)cn1c3c(cc(-c4ccc5cn6c7c(ccc8oc9ccccc9c87)c7ccc8c9ccccc9sc8c7c6c5c4)c4oc5ccccc5c43)c3ccc4sc5ccccc5c4c3c21. The van der Waals surface area contributed by atoms with Gasteiger partial charge in [-0.15, -0.1) is 22.7 Å². The Bertz CT molecular complexity index is 5440. The lowest BCUT2D eigenvalue weighted by atomic mass is 9.93. The molecule has 0 fully saturated rings. The molecule has 0 aliphatic carbocycles. The maximum atomic E-state index is 7.15. The van der Waals surface area contributed by atoms with E-state index in [0.717, 1.165) is 66.0 Å². The fraction of sp³-hybridized carbons (Fsp3) is 0. The highest BCUT2D eigenvalue weighted by atomic mass is 32.1. The predicted octanol–water partition coefficient (Wildman–Crippen LogP) is 19.3. The highest BCUT2D eigenvalue weighted by Crippen LogP contribution is 2.51. The van der Waals surface area contributed by atoms with Crippen LogP contribution in [0.15, 0.2) is 203 Å². The van der Waals surface area contributed by atoms with Gasteiger partial charge in [0.15, 0.2) is 0 Å². The van der Waals surface area contributed by atoms with Crippen molar-refractivity contribution in [3.05, 3.63) is 194 Å². The number of benzene rings is 10. The van der Waals surface area contributed by atoms with Gasteiger partial charge >= 0.3 is 0 Å². The van der Waals surface area contributed by atoms with Crippen molar-refractivity contribution < 1.29 is 8.83 Å². The summed E-state index contributed by atoms with van der Waals surface area (Å²) in [5.41, 5.74) is 10.5. The van der Waals surface area contributed by atoms with Crippen LogP contribution in [0.3, 0.4) is 0 Å². The quantitative estimate of drug-likeness (QED) is 0.154. The monoisotopic (exact) mass is 924 g/mol. The van der Waals surface area contributed by atoms with E-state index in [-0.39, 0.29) is 0 Å². The van der Waals surface area contributed by atoms with Crippen LogP contribution in [0.1, 0.15) is 0 Å². The van der Waals surface area contributed by atoms with Crippen LogP contribution < -0.4 is 0 Å². The molecule has 70 heavy (non-hydrogen) atoms. The fourth-order valence-corrected chi connectivity index (χ4v) is 15.1. The zero-order valence-corrected chi connectivity index (χ0v) is 38.6. The Morgan fingerprint density at radius 2 is 0.914 bits per heavy atom. The minimum Gasteiger partial charge on any atom is -0.456 e. The van der Waals surface area contributed by atoms with Gasteiger partial charge in [-0.05, 0) is 70.9 Å². The van der Waals surface area contributed by atoms with Crippen molar-refractivity contribution >= 4 is 183 Å². The Kier molecular flexibility index (Phi) is 6.59. The second-order valence-electron chi connectivity index (χ2n) is 19.1. The summed E-state index contributed by atoms with van der Waals surface area (Å²) in [6.07, 6.45) is 4.71. The van der Waals surface area contributed by atoms with Gasteiger partial charge in [-0.3, -0.25) is 0 Å². The number of aromatic nitrogens is 2. The standard InChI is InChI=1S/C64H32N2O2S2/c1-2-12-36-34(11-1)31-65-59(36)56-39(26-28-53-55(56)44-16-6-10-20-52(44)69-53)47-30-46(63-57(62(47)65)43-15-4-8-18-49(43)68-63)33-21-22-35-32-66-60-40(25-27-50-54(60)42-14-3-7-17-48(42)67-50)38-23-24-41-37-13-5-9-19-51(37)70-64(41)58(38)61(66)45(35)29-33/h1-32H.